The number of aromatic nitrogens is 1. The van der Waals surface area contributed by atoms with Gasteiger partial charge in [0.2, 0.25) is 0 Å². The highest BCUT2D eigenvalue weighted by atomic mass is 35.5. The van der Waals surface area contributed by atoms with E-state index in [1.165, 1.54) is 12.3 Å². The summed E-state index contributed by atoms with van der Waals surface area (Å²) in [6.45, 7) is 1.77. The third kappa shape index (κ3) is 2.50. The van der Waals surface area contributed by atoms with Crippen LogP contribution in [0, 0.1) is 12.3 Å². The molecule has 2 aromatic rings. The quantitative estimate of drug-likeness (QED) is 0.660. The Morgan fingerprint density at radius 1 is 1.37 bits per heavy atom. The summed E-state index contributed by atoms with van der Waals surface area (Å²) in [6, 6.07) is 6.62. The van der Waals surface area contributed by atoms with E-state index in [9.17, 15) is 4.79 Å². The molecule has 0 atom stereocenters. The van der Waals surface area contributed by atoms with Crippen LogP contribution in [0.3, 0.4) is 0 Å². The smallest absolute Gasteiger partial charge is 0.192 e. The number of nitrogen functional groups attached to an aromatic ring is 1. The molecule has 0 unspecified atom stereocenters. The number of pyridine rings is 1. The van der Waals surface area contributed by atoms with Gasteiger partial charge in [-0.05, 0) is 19.1 Å². The van der Waals surface area contributed by atoms with Crippen molar-refractivity contribution in [2.24, 2.45) is 5.73 Å². The Labute approximate surface area is 119 Å². The van der Waals surface area contributed by atoms with Gasteiger partial charge in [-0.3, -0.25) is 10.2 Å². The van der Waals surface area contributed by atoms with E-state index in [1.807, 2.05) is 0 Å². The maximum absolute atomic E-state index is 11.7. The van der Waals surface area contributed by atoms with Crippen molar-refractivity contribution >= 4 is 29.0 Å². The molecule has 0 aliphatic rings. The molecule has 0 bridgehead atoms. The highest BCUT2D eigenvalue weighted by molar-refractivity contribution is 6.43. The van der Waals surface area contributed by atoms with E-state index in [4.69, 9.17) is 34.3 Å². The number of nitrogens with zero attached hydrogens (tertiary/aromatic N) is 1. The highest BCUT2D eigenvalue weighted by Gasteiger charge is 2.11. The first kappa shape index (κ1) is 13.6. The highest BCUT2D eigenvalue weighted by Crippen LogP contribution is 2.28. The largest absolute Gasteiger partial charge is 0.384 e. The summed E-state index contributed by atoms with van der Waals surface area (Å²) >= 11 is 12.1. The summed E-state index contributed by atoms with van der Waals surface area (Å²) in [7, 11) is 0. The molecule has 19 heavy (non-hydrogen) atoms. The SMILES string of the molecule is Cc1cc(=O)c(C(=N)N)cn1-c1cccc(Cl)c1Cl. The maximum Gasteiger partial charge on any atom is 0.192 e. The van der Waals surface area contributed by atoms with Crippen LogP contribution in [-0.2, 0) is 0 Å². The van der Waals surface area contributed by atoms with Gasteiger partial charge in [0.1, 0.15) is 5.84 Å². The van der Waals surface area contributed by atoms with Crippen molar-refractivity contribution in [2.45, 2.75) is 6.92 Å². The van der Waals surface area contributed by atoms with Crippen LogP contribution < -0.4 is 11.2 Å². The lowest BCUT2D eigenvalue weighted by atomic mass is 10.2. The predicted molar refractivity (Wildman–Crippen MR) is 77.8 cm³/mol. The average molecular weight is 296 g/mol. The van der Waals surface area contributed by atoms with E-state index in [1.54, 1.807) is 29.7 Å². The second-order valence-corrected chi connectivity index (χ2v) is 4.83. The van der Waals surface area contributed by atoms with Gasteiger partial charge in [-0.1, -0.05) is 29.3 Å². The zero-order chi connectivity index (χ0) is 14.2. The van der Waals surface area contributed by atoms with Gasteiger partial charge in [-0.25, -0.2) is 0 Å². The number of hydrogen-bond acceptors (Lipinski definition) is 2. The molecular formula is C13H11Cl2N3O. The Morgan fingerprint density at radius 2 is 2.05 bits per heavy atom. The lowest BCUT2D eigenvalue weighted by Crippen LogP contribution is -2.23. The zero-order valence-corrected chi connectivity index (χ0v) is 11.6. The molecule has 0 radical (unpaired) electrons. The first-order valence-electron chi connectivity index (χ1n) is 5.44. The molecule has 0 fully saturated rings. The Balaban J connectivity index is 2.76. The lowest BCUT2D eigenvalue weighted by Gasteiger charge is -2.14. The van der Waals surface area contributed by atoms with Crippen LogP contribution in [0.1, 0.15) is 11.3 Å². The number of rotatable bonds is 2. The predicted octanol–water partition coefficient (Wildman–Crippen LogP) is 2.74. The van der Waals surface area contributed by atoms with Gasteiger partial charge < -0.3 is 10.3 Å². The molecule has 0 aliphatic heterocycles. The van der Waals surface area contributed by atoms with Crippen LogP contribution in [0.25, 0.3) is 5.69 Å². The molecule has 0 amide bonds. The van der Waals surface area contributed by atoms with Crippen molar-refractivity contribution in [2.75, 3.05) is 0 Å². The molecule has 3 N–H and O–H groups in total. The number of nitrogens with two attached hydrogens (primary N) is 1. The first-order valence-corrected chi connectivity index (χ1v) is 6.19. The molecule has 0 aliphatic carbocycles. The summed E-state index contributed by atoms with van der Waals surface area (Å²) in [5.74, 6) is -0.281. The van der Waals surface area contributed by atoms with Crippen LogP contribution in [0.2, 0.25) is 10.0 Å². The van der Waals surface area contributed by atoms with Gasteiger partial charge in [-0.15, -0.1) is 0 Å². The molecule has 6 heteroatoms. The van der Waals surface area contributed by atoms with Crippen molar-refractivity contribution < 1.29 is 0 Å². The standard InChI is InChI=1S/C13H11Cl2N3O/c1-7-5-11(19)8(13(16)17)6-18(7)10-4-2-3-9(14)12(10)15/h2-6H,1H3,(H3,16,17). The molecule has 1 heterocycles. The van der Waals surface area contributed by atoms with Crippen LogP contribution in [-0.4, -0.2) is 10.4 Å². The first-order chi connectivity index (χ1) is 8.91. The molecule has 98 valence electrons. The van der Waals surface area contributed by atoms with E-state index in [0.717, 1.165) is 0 Å². The molecule has 1 aromatic heterocycles. The van der Waals surface area contributed by atoms with Crippen LogP contribution in [0.4, 0.5) is 0 Å². The normalized spacial score (nSPS) is 10.5. The van der Waals surface area contributed by atoms with Crippen LogP contribution in [0.15, 0.2) is 35.3 Å². The summed E-state index contributed by atoms with van der Waals surface area (Å²) in [5.41, 5.74) is 6.54. The van der Waals surface area contributed by atoms with Gasteiger partial charge in [0, 0.05) is 18.0 Å². The van der Waals surface area contributed by atoms with Gasteiger partial charge >= 0.3 is 0 Å². The van der Waals surface area contributed by atoms with Crippen molar-refractivity contribution in [1.82, 2.24) is 4.57 Å². The number of hydrogen-bond donors (Lipinski definition) is 2. The van der Waals surface area contributed by atoms with Crippen LogP contribution in [0.5, 0.6) is 0 Å². The third-order valence-electron chi connectivity index (χ3n) is 2.72. The third-order valence-corrected chi connectivity index (χ3v) is 3.53. The average Bonchev–Trinajstić information content (AvgIpc) is 2.33. The number of nitrogens with one attached hydrogen (secondary N) is 1. The molecule has 0 saturated heterocycles. The molecule has 0 spiro atoms. The number of halogens is 2. The van der Waals surface area contributed by atoms with Gasteiger partial charge in [0.05, 0.1) is 21.3 Å². The summed E-state index contributed by atoms with van der Waals surface area (Å²) in [5, 5.41) is 8.21. The molecule has 4 nitrogen and oxygen atoms in total. The Bertz CT molecular complexity index is 722. The minimum atomic E-state index is -0.292. The monoisotopic (exact) mass is 295 g/mol. The van der Waals surface area contributed by atoms with Gasteiger partial charge in [0.15, 0.2) is 5.43 Å². The fourth-order valence-corrected chi connectivity index (χ4v) is 2.16. The van der Waals surface area contributed by atoms with Crippen LogP contribution >= 0.6 is 23.2 Å². The zero-order valence-electron chi connectivity index (χ0n) is 10.1. The summed E-state index contributed by atoms with van der Waals surface area (Å²) in [6.07, 6.45) is 1.50. The summed E-state index contributed by atoms with van der Waals surface area (Å²) in [4.78, 5) is 11.7. The minimum Gasteiger partial charge on any atom is -0.384 e. The number of amidine groups is 1. The maximum atomic E-state index is 11.7. The van der Waals surface area contributed by atoms with Crippen molar-refractivity contribution in [3.63, 3.8) is 0 Å². The van der Waals surface area contributed by atoms with Gasteiger partial charge in [-0.2, -0.15) is 0 Å². The topological polar surface area (TPSA) is 71.9 Å². The number of benzene rings is 1. The molecule has 2 rings (SSSR count). The summed E-state index contributed by atoms with van der Waals surface area (Å²) < 4.78 is 1.69. The Hall–Kier alpha value is -1.78. The second-order valence-electron chi connectivity index (χ2n) is 4.05. The Kier molecular flexibility index (Phi) is 3.64. The lowest BCUT2D eigenvalue weighted by molar-refractivity contribution is 0.969. The van der Waals surface area contributed by atoms with E-state index in [-0.39, 0.29) is 16.8 Å². The van der Waals surface area contributed by atoms with Gasteiger partial charge in [0.25, 0.3) is 0 Å². The Morgan fingerprint density at radius 3 is 2.68 bits per heavy atom. The fraction of sp³-hybridized carbons (Fsp3) is 0.0769. The van der Waals surface area contributed by atoms with Crippen molar-refractivity contribution in [3.05, 3.63) is 62.0 Å². The second kappa shape index (κ2) is 5.07. The van der Waals surface area contributed by atoms with E-state index in [2.05, 4.69) is 0 Å². The molecular weight excluding hydrogens is 285 g/mol. The van der Waals surface area contributed by atoms with E-state index in [0.29, 0.717) is 21.4 Å². The van der Waals surface area contributed by atoms with Crippen molar-refractivity contribution in [1.29, 1.82) is 5.41 Å². The minimum absolute atomic E-state index is 0.127. The molecule has 0 saturated carbocycles. The fourth-order valence-electron chi connectivity index (χ4n) is 1.77. The van der Waals surface area contributed by atoms with E-state index >= 15 is 0 Å². The van der Waals surface area contributed by atoms with Crippen molar-refractivity contribution in [3.8, 4) is 5.69 Å². The number of aryl methyl sites for hydroxylation is 1. The van der Waals surface area contributed by atoms with E-state index < -0.39 is 0 Å². The molecule has 1 aromatic carbocycles.